The minimum atomic E-state index is -3.82. The number of hydrogen-bond donors (Lipinski definition) is 2. The largest absolute Gasteiger partial charge is 0.497 e. The van der Waals surface area contributed by atoms with Crippen LogP contribution in [0.3, 0.4) is 0 Å². The Balaban J connectivity index is 1.80. The Kier molecular flexibility index (Phi) is 5.65. The van der Waals surface area contributed by atoms with Crippen molar-refractivity contribution in [3.05, 3.63) is 83.9 Å². The van der Waals surface area contributed by atoms with Gasteiger partial charge in [0.2, 0.25) is 0 Å². The van der Waals surface area contributed by atoms with E-state index in [4.69, 9.17) is 4.74 Å². The Hall–Kier alpha value is -3.32. The van der Waals surface area contributed by atoms with Crippen molar-refractivity contribution in [1.82, 2.24) is 0 Å². The monoisotopic (exact) mass is 396 g/mol. The summed E-state index contributed by atoms with van der Waals surface area (Å²) >= 11 is 0. The van der Waals surface area contributed by atoms with E-state index in [1.54, 1.807) is 49.6 Å². The van der Waals surface area contributed by atoms with Crippen LogP contribution >= 0.6 is 0 Å². The first kappa shape index (κ1) is 19.4. The van der Waals surface area contributed by atoms with E-state index in [9.17, 15) is 13.2 Å². The fourth-order valence-electron chi connectivity index (χ4n) is 2.57. The molecular formula is C21H20N2O4S. The number of benzene rings is 3. The van der Waals surface area contributed by atoms with Crippen molar-refractivity contribution in [2.24, 2.45) is 0 Å². The van der Waals surface area contributed by atoms with Gasteiger partial charge in [0.15, 0.2) is 0 Å². The lowest BCUT2D eigenvalue weighted by atomic mass is 10.2. The molecule has 0 saturated heterocycles. The smallest absolute Gasteiger partial charge is 0.261 e. The average Bonchev–Trinajstić information content (AvgIpc) is 2.70. The lowest BCUT2D eigenvalue weighted by Crippen LogP contribution is -2.16. The Labute approximate surface area is 164 Å². The van der Waals surface area contributed by atoms with Crippen molar-refractivity contribution in [2.75, 3.05) is 17.1 Å². The molecule has 0 atom stereocenters. The van der Waals surface area contributed by atoms with E-state index in [1.807, 2.05) is 19.1 Å². The second-order valence-corrected chi connectivity index (χ2v) is 7.81. The van der Waals surface area contributed by atoms with Crippen LogP contribution in [-0.4, -0.2) is 21.4 Å². The fourth-order valence-corrected chi connectivity index (χ4v) is 3.75. The molecule has 0 aliphatic carbocycles. The molecule has 0 spiro atoms. The van der Waals surface area contributed by atoms with Gasteiger partial charge in [-0.05, 0) is 61.0 Å². The van der Waals surface area contributed by atoms with Crippen molar-refractivity contribution in [3.63, 3.8) is 0 Å². The first-order chi connectivity index (χ1) is 13.4. The molecule has 3 rings (SSSR count). The van der Waals surface area contributed by atoms with Crippen LogP contribution in [0.15, 0.2) is 77.7 Å². The number of methoxy groups -OCH3 is 1. The summed E-state index contributed by atoms with van der Waals surface area (Å²) in [5, 5.41) is 2.74. The molecule has 144 valence electrons. The third-order valence-corrected chi connectivity index (χ3v) is 5.51. The number of carbonyl (C=O) groups is 1. The Morgan fingerprint density at radius 1 is 0.929 bits per heavy atom. The number of carbonyl (C=O) groups excluding carboxylic acids is 1. The molecule has 1 amide bonds. The molecule has 3 aromatic rings. The Morgan fingerprint density at radius 2 is 1.64 bits per heavy atom. The summed E-state index contributed by atoms with van der Waals surface area (Å²) in [6.45, 7) is 1.82. The van der Waals surface area contributed by atoms with Crippen LogP contribution in [-0.2, 0) is 10.0 Å². The molecule has 7 heteroatoms. The molecule has 0 heterocycles. The number of amides is 1. The van der Waals surface area contributed by atoms with Crippen LogP contribution < -0.4 is 14.8 Å². The van der Waals surface area contributed by atoms with Crippen LogP contribution in [0.1, 0.15) is 15.9 Å². The van der Waals surface area contributed by atoms with Crippen molar-refractivity contribution in [3.8, 4) is 5.75 Å². The normalized spacial score (nSPS) is 10.9. The first-order valence-corrected chi connectivity index (χ1v) is 10.0. The van der Waals surface area contributed by atoms with Gasteiger partial charge in [0.05, 0.1) is 17.7 Å². The van der Waals surface area contributed by atoms with Crippen molar-refractivity contribution < 1.29 is 17.9 Å². The molecule has 0 aromatic heterocycles. The summed E-state index contributed by atoms with van der Waals surface area (Å²) < 4.78 is 33.0. The predicted octanol–water partition coefficient (Wildman–Crippen LogP) is 4.06. The molecule has 0 aliphatic rings. The van der Waals surface area contributed by atoms with E-state index in [1.165, 1.54) is 18.2 Å². The van der Waals surface area contributed by atoms with Crippen LogP contribution in [0.5, 0.6) is 5.75 Å². The number of nitrogens with one attached hydrogen (secondary N) is 2. The van der Waals surface area contributed by atoms with E-state index in [2.05, 4.69) is 10.0 Å². The summed E-state index contributed by atoms with van der Waals surface area (Å²) in [5.74, 6) is 0.270. The Morgan fingerprint density at radius 3 is 2.32 bits per heavy atom. The van der Waals surface area contributed by atoms with E-state index in [0.29, 0.717) is 17.1 Å². The Bertz CT molecular complexity index is 1090. The standard InChI is InChI=1S/C21H20N2O4S/c1-15-6-3-4-9-20(15)23-28(25,26)19-8-5-7-16(14-19)21(24)22-17-10-12-18(27-2)13-11-17/h3-14,23H,1-2H3,(H,22,24). The van der Waals surface area contributed by atoms with Crippen molar-refractivity contribution >= 4 is 27.3 Å². The quantitative estimate of drug-likeness (QED) is 0.658. The number of sulfonamides is 1. The summed E-state index contributed by atoms with van der Waals surface area (Å²) in [6, 6.07) is 19.8. The van der Waals surface area contributed by atoms with Gasteiger partial charge in [0.25, 0.3) is 15.9 Å². The second-order valence-electron chi connectivity index (χ2n) is 6.13. The maximum absolute atomic E-state index is 12.7. The molecule has 28 heavy (non-hydrogen) atoms. The highest BCUT2D eigenvalue weighted by Crippen LogP contribution is 2.21. The number of hydrogen-bond acceptors (Lipinski definition) is 4. The number of anilines is 2. The average molecular weight is 396 g/mol. The van der Waals surface area contributed by atoms with Gasteiger partial charge in [0, 0.05) is 11.3 Å². The van der Waals surface area contributed by atoms with E-state index in [0.717, 1.165) is 5.56 Å². The molecule has 3 aromatic carbocycles. The van der Waals surface area contributed by atoms with Gasteiger partial charge in [-0.1, -0.05) is 24.3 Å². The molecule has 0 aliphatic heterocycles. The molecular weight excluding hydrogens is 376 g/mol. The minimum absolute atomic E-state index is 0.0122. The van der Waals surface area contributed by atoms with E-state index in [-0.39, 0.29) is 10.5 Å². The summed E-state index contributed by atoms with van der Waals surface area (Å²) in [4.78, 5) is 12.5. The zero-order valence-corrected chi connectivity index (χ0v) is 16.3. The molecule has 0 bridgehead atoms. The van der Waals surface area contributed by atoms with Gasteiger partial charge < -0.3 is 10.1 Å². The fraction of sp³-hybridized carbons (Fsp3) is 0.0952. The van der Waals surface area contributed by atoms with Crippen LogP contribution in [0.25, 0.3) is 0 Å². The number of para-hydroxylation sites is 1. The summed E-state index contributed by atoms with van der Waals surface area (Å²) in [6.07, 6.45) is 0. The molecule has 0 radical (unpaired) electrons. The topological polar surface area (TPSA) is 84.5 Å². The molecule has 0 unspecified atom stereocenters. The van der Waals surface area contributed by atoms with Gasteiger partial charge >= 0.3 is 0 Å². The van der Waals surface area contributed by atoms with E-state index < -0.39 is 15.9 Å². The van der Waals surface area contributed by atoms with Crippen LogP contribution in [0.2, 0.25) is 0 Å². The molecule has 0 fully saturated rings. The van der Waals surface area contributed by atoms with Crippen LogP contribution in [0.4, 0.5) is 11.4 Å². The molecule has 2 N–H and O–H groups in total. The number of aryl methyl sites for hydroxylation is 1. The van der Waals surface area contributed by atoms with Gasteiger partial charge in [-0.2, -0.15) is 0 Å². The van der Waals surface area contributed by atoms with Crippen molar-refractivity contribution in [2.45, 2.75) is 11.8 Å². The highest BCUT2D eigenvalue weighted by molar-refractivity contribution is 7.92. The highest BCUT2D eigenvalue weighted by atomic mass is 32.2. The maximum atomic E-state index is 12.7. The predicted molar refractivity (Wildman–Crippen MR) is 109 cm³/mol. The first-order valence-electron chi connectivity index (χ1n) is 8.53. The van der Waals surface area contributed by atoms with Gasteiger partial charge in [-0.15, -0.1) is 0 Å². The number of rotatable bonds is 6. The highest BCUT2D eigenvalue weighted by Gasteiger charge is 2.17. The minimum Gasteiger partial charge on any atom is -0.497 e. The lowest BCUT2D eigenvalue weighted by Gasteiger charge is -2.11. The number of ether oxygens (including phenoxy) is 1. The third-order valence-electron chi connectivity index (χ3n) is 4.14. The van der Waals surface area contributed by atoms with Gasteiger partial charge in [0.1, 0.15) is 5.75 Å². The van der Waals surface area contributed by atoms with Gasteiger partial charge in [-0.3, -0.25) is 9.52 Å². The lowest BCUT2D eigenvalue weighted by molar-refractivity contribution is 0.102. The summed E-state index contributed by atoms with van der Waals surface area (Å²) in [7, 11) is -2.26. The maximum Gasteiger partial charge on any atom is 0.261 e. The second kappa shape index (κ2) is 8.14. The zero-order chi connectivity index (χ0) is 20.1. The third kappa shape index (κ3) is 4.50. The van der Waals surface area contributed by atoms with Crippen LogP contribution in [0, 0.1) is 6.92 Å². The van der Waals surface area contributed by atoms with Crippen molar-refractivity contribution in [1.29, 1.82) is 0 Å². The SMILES string of the molecule is COc1ccc(NC(=O)c2cccc(S(=O)(=O)Nc3ccccc3C)c2)cc1. The zero-order valence-electron chi connectivity index (χ0n) is 15.5. The molecule has 0 saturated carbocycles. The van der Waals surface area contributed by atoms with E-state index >= 15 is 0 Å². The summed E-state index contributed by atoms with van der Waals surface area (Å²) in [5.41, 5.74) is 2.12. The molecule has 6 nitrogen and oxygen atoms in total. The van der Waals surface area contributed by atoms with Gasteiger partial charge in [-0.25, -0.2) is 8.42 Å².